The fourth-order valence-corrected chi connectivity index (χ4v) is 1.74. The molecule has 6 nitrogen and oxygen atoms in total. The van der Waals surface area contributed by atoms with Crippen LogP contribution in [0.15, 0.2) is 28.8 Å². The van der Waals surface area contributed by atoms with Crippen molar-refractivity contribution >= 4 is 11.6 Å². The molecule has 6 heteroatoms. The van der Waals surface area contributed by atoms with Gasteiger partial charge >= 0.3 is 0 Å². The lowest BCUT2D eigenvalue weighted by Crippen LogP contribution is -2.13. The highest BCUT2D eigenvalue weighted by atomic mass is 16.5. The highest BCUT2D eigenvalue weighted by molar-refractivity contribution is 6.03. The van der Waals surface area contributed by atoms with E-state index in [1.807, 2.05) is 0 Å². The molecule has 0 fully saturated rings. The minimum Gasteiger partial charge on any atom is -0.377 e. The van der Waals surface area contributed by atoms with Gasteiger partial charge in [-0.2, -0.15) is 5.26 Å². The lowest BCUT2D eigenvalue weighted by molar-refractivity contribution is 0.101. The normalized spacial score (nSPS) is 10.1. The number of hydrogen-bond donors (Lipinski definition) is 1. The van der Waals surface area contributed by atoms with Crippen LogP contribution in [0.25, 0.3) is 0 Å². The van der Waals surface area contributed by atoms with Gasteiger partial charge in [-0.25, -0.2) is 0 Å². The number of methoxy groups -OCH3 is 1. The maximum atomic E-state index is 12.0. The van der Waals surface area contributed by atoms with E-state index in [0.717, 1.165) is 5.56 Å². The van der Waals surface area contributed by atoms with Gasteiger partial charge in [-0.15, -0.1) is 0 Å². The average Bonchev–Trinajstić information content (AvgIpc) is 2.88. The minimum atomic E-state index is -0.432. The predicted molar refractivity (Wildman–Crippen MR) is 71.1 cm³/mol. The van der Waals surface area contributed by atoms with Gasteiger partial charge in [-0.1, -0.05) is 17.3 Å². The van der Waals surface area contributed by atoms with Crippen molar-refractivity contribution in [3.8, 4) is 6.07 Å². The van der Waals surface area contributed by atoms with Gasteiger partial charge < -0.3 is 14.6 Å². The van der Waals surface area contributed by atoms with Crippen molar-refractivity contribution in [1.29, 1.82) is 5.26 Å². The summed E-state index contributed by atoms with van der Waals surface area (Å²) >= 11 is 0. The van der Waals surface area contributed by atoms with Crippen LogP contribution in [0.3, 0.4) is 0 Å². The van der Waals surface area contributed by atoms with E-state index in [-0.39, 0.29) is 12.3 Å². The van der Waals surface area contributed by atoms with Gasteiger partial charge in [0.15, 0.2) is 11.5 Å². The average molecular weight is 271 g/mol. The van der Waals surface area contributed by atoms with Crippen molar-refractivity contribution in [2.24, 2.45) is 0 Å². The van der Waals surface area contributed by atoms with Crippen LogP contribution in [0.4, 0.5) is 5.69 Å². The summed E-state index contributed by atoms with van der Waals surface area (Å²) in [6.45, 7) is 2.05. The van der Waals surface area contributed by atoms with Crippen LogP contribution in [0, 0.1) is 18.3 Å². The van der Waals surface area contributed by atoms with Crippen molar-refractivity contribution < 1.29 is 14.1 Å². The second kappa shape index (κ2) is 5.99. The maximum Gasteiger partial charge on any atom is 0.277 e. The molecule has 20 heavy (non-hydrogen) atoms. The van der Waals surface area contributed by atoms with Crippen LogP contribution < -0.4 is 5.32 Å². The molecule has 2 rings (SSSR count). The standard InChI is InChI=1S/C14H13N3O3/c1-9-4-3-5-12(11(9)7-15)16-14(18)13-6-10(8-19-2)20-17-13/h3-6H,8H2,1-2H3,(H,16,18). The van der Waals surface area contributed by atoms with Crippen LogP contribution in [0.5, 0.6) is 0 Å². The largest absolute Gasteiger partial charge is 0.377 e. The van der Waals surface area contributed by atoms with Gasteiger partial charge in [0.05, 0.1) is 11.3 Å². The number of amides is 1. The summed E-state index contributed by atoms with van der Waals surface area (Å²) in [5.41, 5.74) is 1.82. The molecule has 1 heterocycles. The van der Waals surface area contributed by atoms with Crippen LogP contribution in [0.1, 0.15) is 27.4 Å². The molecule has 0 unspecified atom stereocenters. The summed E-state index contributed by atoms with van der Waals surface area (Å²) in [4.78, 5) is 12.0. The second-order valence-electron chi connectivity index (χ2n) is 4.17. The van der Waals surface area contributed by atoms with Gasteiger partial charge in [0.2, 0.25) is 0 Å². The second-order valence-corrected chi connectivity index (χ2v) is 4.17. The van der Waals surface area contributed by atoms with Crippen LogP contribution in [-0.4, -0.2) is 18.2 Å². The molecule has 1 aromatic carbocycles. The number of carbonyl (C=O) groups is 1. The zero-order valence-electron chi connectivity index (χ0n) is 11.1. The zero-order chi connectivity index (χ0) is 14.5. The Kier molecular flexibility index (Phi) is 4.13. The first-order chi connectivity index (χ1) is 9.65. The van der Waals surface area contributed by atoms with E-state index in [9.17, 15) is 4.79 Å². The first kappa shape index (κ1) is 13.8. The zero-order valence-corrected chi connectivity index (χ0v) is 11.1. The molecule has 0 saturated carbocycles. The summed E-state index contributed by atoms with van der Waals surface area (Å²) in [6.07, 6.45) is 0. The number of nitrogens with zero attached hydrogens (tertiary/aromatic N) is 2. The predicted octanol–water partition coefficient (Wildman–Crippen LogP) is 2.25. The van der Waals surface area contributed by atoms with E-state index >= 15 is 0 Å². The van der Waals surface area contributed by atoms with Crippen molar-refractivity contribution in [3.05, 3.63) is 46.8 Å². The molecule has 0 aliphatic carbocycles. The molecule has 0 aliphatic heterocycles. The van der Waals surface area contributed by atoms with Crippen molar-refractivity contribution in [2.75, 3.05) is 12.4 Å². The highest BCUT2D eigenvalue weighted by Crippen LogP contribution is 2.19. The third-order valence-corrected chi connectivity index (χ3v) is 2.71. The molecule has 1 amide bonds. The molecule has 1 aromatic heterocycles. The summed E-state index contributed by atoms with van der Waals surface area (Å²) in [6, 6.07) is 8.81. The Bertz CT molecular complexity index is 671. The molecule has 102 valence electrons. The van der Waals surface area contributed by atoms with E-state index in [2.05, 4.69) is 16.5 Å². The quantitative estimate of drug-likeness (QED) is 0.921. The van der Waals surface area contributed by atoms with Gasteiger partial charge in [0.25, 0.3) is 5.91 Å². The minimum absolute atomic E-state index is 0.141. The lowest BCUT2D eigenvalue weighted by Gasteiger charge is -2.06. The number of aryl methyl sites for hydroxylation is 1. The molecular weight excluding hydrogens is 258 g/mol. The summed E-state index contributed by atoms with van der Waals surface area (Å²) in [5.74, 6) is 0.0283. The molecule has 0 saturated heterocycles. The number of nitriles is 1. The Labute approximate surface area is 115 Å². The maximum absolute atomic E-state index is 12.0. The van der Waals surface area contributed by atoms with Gasteiger partial charge in [0, 0.05) is 13.2 Å². The van der Waals surface area contributed by atoms with E-state index in [1.165, 1.54) is 13.2 Å². The number of benzene rings is 1. The molecule has 0 bridgehead atoms. The smallest absolute Gasteiger partial charge is 0.277 e. The molecule has 2 aromatic rings. The van der Waals surface area contributed by atoms with Crippen molar-refractivity contribution in [2.45, 2.75) is 13.5 Å². The number of hydrogen-bond acceptors (Lipinski definition) is 5. The fourth-order valence-electron chi connectivity index (χ4n) is 1.74. The third kappa shape index (κ3) is 2.84. The van der Waals surface area contributed by atoms with Gasteiger partial charge in [-0.05, 0) is 18.6 Å². The van der Waals surface area contributed by atoms with E-state index in [0.29, 0.717) is 17.0 Å². The van der Waals surface area contributed by atoms with E-state index in [1.54, 1.807) is 25.1 Å². The molecule has 1 N–H and O–H groups in total. The Hall–Kier alpha value is -2.65. The Morgan fingerprint density at radius 3 is 3.05 bits per heavy atom. The van der Waals surface area contributed by atoms with E-state index in [4.69, 9.17) is 14.5 Å². The summed E-state index contributed by atoms with van der Waals surface area (Å²) in [7, 11) is 1.52. The first-order valence-corrected chi connectivity index (χ1v) is 5.91. The SMILES string of the molecule is COCc1cc(C(=O)Nc2cccc(C)c2C#N)no1. The van der Waals surface area contributed by atoms with Crippen molar-refractivity contribution in [1.82, 2.24) is 5.16 Å². The number of anilines is 1. The van der Waals surface area contributed by atoms with Crippen LogP contribution in [0.2, 0.25) is 0 Å². The summed E-state index contributed by atoms with van der Waals surface area (Å²) < 4.78 is 9.83. The number of nitrogens with one attached hydrogen (secondary N) is 1. The Morgan fingerprint density at radius 2 is 2.35 bits per heavy atom. The third-order valence-electron chi connectivity index (χ3n) is 2.71. The molecule has 0 atom stereocenters. The topological polar surface area (TPSA) is 88.1 Å². The number of rotatable bonds is 4. The number of ether oxygens (including phenoxy) is 1. The Morgan fingerprint density at radius 1 is 1.55 bits per heavy atom. The molecular formula is C14H13N3O3. The Balaban J connectivity index is 2.19. The van der Waals surface area contributed by atoms with Gasteiger partial charge in [0.1, 0.15) is 12.7 Å². The van der Waals surface area contributed by atoms with Gasteiger partial charge in [-0.3, -0.25) is 4.79 Å². The van der Waals surface area contributed by atoms with Crippen molar-refractivity contribution in [3.63, 3.8) is 0 Å². The van der Waals surface area contributed by atoms with Crippen LogP contribution in [-0.2, 0) is 11.3 Å². The fraction of sp³-hybridized carbons (Fsp3) is 0.214. The van der Waals surface area contributed by atoms with Crippen LogP contribution >= 0.6 is 0 Å². The molecule has 0 spiro atoms. The summed E-state index contributed by atoms with van der Waals surface area (Å²) in [5, 5.41) is 15.4. The highest BCUT2D eigenvalue weighted by Gasteiger charge is 2.15. The molecule has 0 radical (unpaired) electrons. The monoisotopic (exact) mass is 271 g/mol. The number of aromatic nitrogens is 1. The lowest BCUT2D eigenvalue weighted by atomic mass is 10.1. The number of carbonyl (C=O) groups excluding carboxylic acids is 1. The molecule has 0 aliphatic rings. The first-order valence-electron chi connectivity index (χ1n) is 5.91. The van der Waals surface area contributed by atoms with E-state index < -0.39 is 5.91 Å².